The molecular formula is C55H79N3O6. The number of amides is 1. The van der Waals surface area contributed by atoms with Crippen LogP contribution >= 0.6 is 0 Å². The minimum Gasteiger partial charge on any atom is -0.462 e. The Labute approximate surface area is 383 Å². The Bertz CT molecular complexity index is 2170. The molecular weight excluding hydrogens is 799 g/mol. The largest absolute Gasteiger partial charge is 0.462 e. The van der Waals surface area contributed by atoms with Crippen LogP contribution in [0.1, 0.15) is 182 Å². The van der Waals surface area contributed by atoms with Crippen molar-refractivity contribution < 1.29 is 28.3 Å². The maximum absolute atomic E-state index is 15.2. The topological polar surface area (TPSA) is 121 Å². The first-order valence-corrected chi connectivity index (χ1v) is 25.5. The Balaban J connectivity index is 0.838. The molecule has 10 rings (SSSR count). The highest BCUT2D eigenvalue weighted by molar-refractivity contribution is 5.84. The number of hydrogen-bond donors (Lipinski definition) is 1. The van der Waals surface area contributed by atoms with Gasteiger partial charge in [0.25, 0.3) is 0 Å². The van der Waals surface area contributed by atoms with Gasteiger partial charge in [0.2, 0.25) is 17.7 Å². The monoisotopic (exact) mass is 878 g/mol. The van der Waals surface area contributed by atoms with Crippen LogP contribution in [0.3, 0.4) is 0 Å². The SMILES string of the molecule is Cc1nnc([C@H]2C[C@@H](NC(=O)[C@]34CC[C@@H](C5(C)CC5)[C@@H]3[C@H]3CC[C@@H]5[C@@]6(C)CC[C@H](OC(=O)[C@H]7C[C@@H](C(=O)OCc8ccccc8)C7(C)C)C(C)(C)[C@@H]6CC[C@@]5(C)[C@]3(C)CC4)C2(C)C)o1. The van der Waals surface area contributed by atoms with Gasteiger partial charge in [0, 0.05) is 24.3 Å². The molecule has 2 aromatic rings. The van der Waals surface area contributed by atoms with Crippen molar-refractivity contribution in [2.45, 2.75) is 191 Å². The van der Waals surface area contributed by atoms with E-state index in [-0.39, 0.29) is 80.9 Å². The van der Waals surface area contributed by atoms with Crippen molar-refractivity contribution in [1.29, 1.82) is 0 Å². The number of nitrogens with one attached hydrogen (secondary N) is 1. The molecule has 1 heterocycles. The molecule has 8 aliphatic carbocycles. The molecule has 9 heteroatoms. The van der Waals surface area contributed by atoms with Crippen molar-refractivity contribution >= 4 is 17.8 Å². The lowest BCUT2D eigenvalue weighted by atomic mass is 9.32. The van der Waals surface area contributed by atoms with Crippen molar-refractivity contribution in [3.63, 3.8) is 0 Å². The van der Waals surface area contributed by atoms with Gasteiger partial charge in [-0.25, -0.2) is 0 Å². The highest BCUT2D eigenvalue weighted by Gasteiger charge is 2.74. The van der Waals surface area contributed by atoms with Gasteiger partial charge >= 0.3 is 11.9 Å². The Kier molecular flexibility index (Phi) is 10.2. The number of fused-ring (bicyclic) bond motifs is 7. The molecule has 8 fully saturated rings. The molecule has 350 valence electrons. The molecule has 0 saturated heterocycles. The third-order valence-electron chi connectivity index (χ3n) is 22.5. The summed E-state index contributed by atoms with van der Waals surface area (Å²) in [5.74, 6) is 3.42. The van der Waals surface area contributed by atoms with Crippen LogP contribution in [0.4, 0.5) is 0 Å². The number of benzene rings is 1. The molecule has 14 atom stereocenters. The number of aromatic nitrogens is 2. The number of aryl methyl sites for hydroxylation is 1. The first-order chi connectivity index (χ1) is 30.0. The van der Waals surface area contributed by atoms with Gasteiger partial charge in [0.15, 0.2) is 0 Å². The molecule has 0 aliphatic heterocycles. The van der Waals surface area contributed by atoms with E-state index >= 15 is 4.79 Å². The van der Waals surface area contributed by atoms with E-state index in [9.17, 15) is 9.59 Å². The van der Waals surface area contributed by atoms with Gasteiger partial charge in [-0.05, 0) is 158 Å². The van der Waals surface area contributed by atoms with Gasteiger partial charge in [0.1, 0.15) is 12.7 Å². The summed E-state index contributed by atoms with van der Waals surface area (Å²) >= 11 is 0. The van der Waals surface area contributed by atoms with Crippen LogP contribution < -0.4 is 5.32 Å². The normalized spacial score (nSPS) is 44.0. The zero-order valence-corrected chi connectivity index (χ0v) is 41.1. The third kappa shape index (κ3) is 6.28. The predicted molar refractivity (Wildman–Crippen MR) is 245 cm³/mol. The summed E-state index contributed by atoms with van der Waals surface area (Å²) in [6.07, 6.45) is 14.9. The van der Waals surface area contributed by atoms with Crippen LogP contribution in [0.15, 0.2) is 34.7 Å². The van der Waals surface area contributed by atoms with Crippen LogP contribution in [0, 0.1) is 91.7 Å². The maximum atomic E-state index is 15.2. The Morgan fingerprint density at radius 3 is 2.06 bits per heavy atom. The maximum Gasteiger partial charge on any atom is 0.309 e. The summed E-state index contributed by atoms with van der Waals surface area (Å²) in [5, 5.41) is 12.2. The number of nitrogens with zero attached hydrogens (tertiary/aromatic N) is 2. The van der Waals surface area contributed by atoms with E-state index in [1.165, 1.54) is 38.5 Å². The molecule has 64 heavy (non-hydrogen) atoms. The zero-order valence-electron chi connectivity index (χ0n) is 41.1. The van der Waals surface area contributed by atoms with Gasteiger partial charge in [0.05, 0.1) is 17.3 Å². The molecule has 0 unspecified atom stereocenters. The first-order valence-electron chi connectivity index (χ1n) is 25.5. The number of rotatable bonds is 9. The molecule has 0 spiro atoms. The molecule has 8 saturated carbocycles. The summed E-state index contributed by atoms with van der Waals surface area (Å²) in [7, 11) is 0. The Morgan fingerprint density at radius 1 is 0.688 bits per heavy atom. The van der Waals surface area contributed by atoms with Crippen LogP contribution in [0.25, 0.3) is 0 Å². The van der Waals surface area contributed by atoms with Crippen molar-refractivity contribution in [2.75, 3.05) is 0 Å². The second-order valence-corrected chi connectivity index (χ2v) is 26.0. The molecule has 1 N–H and O–H groups in total. The number of hydrogen-bond acceptors (Lipinski definition) is 8. The minimum atomic E-state index is -0.515. The van der Waals surface area contributed by atoms with E-state index in [0.29, 0.717) is 59.1 Å². The van der Waals surface area contributed by atoms with Crippen molar-refractivity contribution in [2.24, 2.45) is 84.7 Å². The minimum absolute atomic E-state index is 0.100. The van der Waals surface area contributed by atoms with E-state index in [0.717, 1.165) is 50.5 Å². The highest BCUT2D eigenvalue weighted by Crippen LogP contribution is 2.79. The lowest BCUT2D eigenvalue weighted by molar-refractivity contribution is -0.252. The lowest BCUT2D eigenvalue weighted by Gasteiger charge is -2.73. The first kappa shape index (κ1) is 44.6. The predicted octanol–water partition coefficient (Wildman–Crippen LogP) is 11.6. The number of carbonyl (C=O) groups excluding carboxylic acids is 3. The highest BCUT2D eigenvalue weighted by atomic mass is 16.5. The molecule has 1 aromatic carbocycles. The molecule has 0 bridgehead atoms. The molecule has 8 aliphatic rings. The summed E-state index contributed by atoms with van der Waals surface area (Å²) in [5.41, 5.74) is 0.673. The third-order valence-corrected chi connectivity index (χ3v) is 22.5. The lowest BCUT2D eigenvalue weighted by Crippen LogP contribution is -2.68. The van der Waals surface area contributed by atoms with Gasteiger partial charge in [-0.1, -0.05) is 99.6 Å². The fourth-order valence-electron chi connectivity index (χ4n) is 17.6. The smallest absolute Gasteiger partial charge is 0.309 e. The number of ether oxygens (including phenoxy) is 2. The second-order valence-electron chi connectivity index (χ2n) is 26.0. The van der Waals surface area contributed by atoms with Crippen LogP contribution in [-0.2, 0) is 30.5 Å². The summed E-state index contributed by atoms with van der Waals surface area (Å²) < 4.78 is 18.3. The average Bonchev–Trinajstić information content (AvgIpc) is 3.63. The quantitative estimate of drug-likeness (QED) is 0.247. The van der Waals surface area contributed by atoms with Gasteiger partial charge in [-0.15, -0.1) is 10.2 Å². The Morgan fingerprint density at radius 2 is 1.41 bits per heavy atom. The fraction of sp³-hybridized carbons (Fsp3) is 0.800. The van der Waals surface area contributed by atoms with E-state index in [1.807, 2.05) is 51.1 Å². The van der Waals surface area contributed by atoms with Gasteiger partial charge in [-0.3, -0.25) is 14.4 Å². The summed E-state index contributed by atoms with van der Waals surface area (Å²) in [6, 6.07) is 9.88. The molecule has 0 radical (unpaired) electrons. The van der Waals surface area contributed by atoms with Crippen LogP contribution in [0.5, 0.6) is 0 Å². The average molecular weight is 878 g/mol. The second kappa shape index (κ2) is 14.6. The Hall–Kier alpha value is -3.23. The number of esters is 2. The summed E-state index contributed by atoms with van der Waals surface area (Å²) in [4.78, 5) is 42.5. The fourth-order valence-corrected chi connectivity index (χ4v) is 17.6. The van der Waals surface area contributed by atoms with E-state index < -0.39 is 5.41 Å². The van der Waals surface area contributed by atoms with E-state index in [1.54, 1.807) is 0 Å². The van der Waals surface area contributed by atoms with E-state index in [2.05, 4.69) is 70.9 Å². The number of carbonyl (C=O) groups is 3. The van der Waals surface area contributed by atoms with Crippen LogP contribution in [0.2, 0.25) is 0 Å². The van der Waals surface area contributed by atoms with Gasteiger partial charge < -0.3 is 19.2 Å². The summed E-state index contributed by atoms with van der Waals surface area (Å²) in [6.45, 7) is 26.0. The zero-order chi connectivity index (χ0) is 45.6. The van der Waals surface area contributed by atoms with Crippen molar-refractivity contribution in [3.05, 3.63) is 47.7 Å². The molecule has 9 nitrogen and oxygen atoms in total. The van der Waals surface area contributed by atoms with Crippen LogP contribution in [-0.4, -0.2) is 40.2 Å². The van der Waals surface area contributed by atoms with Crippen molar-refractivity contribution in [3.8, 4) is 0 Å². The standard InChI is InChI=1S/C55H79N3O6/c1-32-57-58-44(63-32)36-30-41(49(36,4)5)56-47(61)55-24-19-34(51(8)25-26-51)43(55)35-17-18-40-52(9)22-21-42(50(6,7)39(52)20-23-54(40,11)53(35,10)27-28-55)64-46(60)38-29-37(48(38,2)3)45(59)62-31-33-15-13-12-14-16-33/h12-16,34-43H,17-31H2,1-11H3,(H,56,61)/t34-,35-,36-,37+,38-,39+,40-,41-,42+,43-,52+,53-,54-,55+/m1/s1. The molecule has 1 aromatic heterocycles. The van der Waals surface area contributed by atoms with Crippen molar-refractivity contribution in [1.82, 2.24) is 15.5 Å². The van der Waals surface area contributed by atoms with Gasteiger partial charge in [-0.2, -0.15) is 0 Å². The molecule has 1 amide bonds. The van der Waals surface area contributed by atoms with E-state index in [4.69, 9.17) is 13.9 Å².